The summed E-state index contributed by atoms with van der Waals surface area (Å²) >= 11 is 0. The van der Waals surface area contributed by atoms with Crippen LogP contribution in [0.2, 0.25) is 0 Å². The predicted molar refractivity (Wildman–Crippen MR) is 91.8 cm³/mol. The van der Waals surface area contributed by atoms with Gasteiger partial charge in [-0.25, -0.2) is 8.42 Å². The molecule has 3 aliphatic carbocycles. The molecule has 2 N–H and O–H groups in total. The standard InChI is InChI=1S/C18H22F3NO4S/c19-18(20,21)11-15(24)22-17-8-5-16(6-9-17,7-10-17)12-27(25,26)14-3-1-13(23)2-4-14/h1-4,23H,5-12H2,(H,22,24). The highest BCUT2D eigenvalue weighted by atomic mass is 32.2. The molecule has 0 unspecified atom stereocenters. The molecule has 0 heterocycles. The number of benzene rings is 1. The SMILES string of the molecule is O=C(CC(F)(F)F)NC12CCC(CS(=O)(=O)c3ccc(O)cc3)(CC1)CC2. The van der Waals surface area contributed by atoms with Gasteiger partial charge in [0.25, 0.3) is 0 Å². The number of hydrogen-bond acceptors (Lipinski definition) is 4. The molecule has 0 atom stereocenters. The van der Waals surface area contributed by atoms with Crippen molar-refractivity contribution in [2.75, 3.05) is 5.75 Å². The summed E-state index contributed by atoms with van der Waals surface area (Å²) in [6, 6.07) is 5.39. The number of sulfone groups is 1. The van der Waals surface area contributed by atoms with E-state index in [0.717, 1.165) is 0 Å². The Morgan fingerprint density at radius 1 is 1.04 bits per heavy atom. The molecule has 3 aliphatic rings. The van der Waals surface area contributed by atoms with Crippen molar-refractivity contribution in [1.29, 1.82) is 0 Å². The van der Waals surface area contributed by atoms with E-state index in [2.05, 4.69) is 5.32 Å². The van der Waals surface area contributed by atoms with Crippen LogP contribution < -0.4 is 5.32 Å². The Balaban J connectivity index is 1.65. The van der Waals surface area contributed by atoms with Crippen LogP contribution in [0.15, 0.2) is 29.2 Å². The van der Waals surface area contributed by atoms with Crippen molar-refractivity contribution in [3.63, 3.8) is 0 Å². The first-order valence-corrected chi connectivity index (χ1v) is 10.5. The Morgan fingerprint density at radius 3 is 2.04 bits per heavy atom. The van der Waals surface area contributed by atoms with E-state index in [0.29, 0.717) is 38.5 Å². The number of amides is 1. The maximum absolute atomic E-state index is 12.7. The molecule has 1 aromatic carbocycles. The number of aromatic hydroxyl groups is 1. The fourth-order valence-corrected chi connectivity index (χ4v) is 6.29. The van der Waals surface area contributed by atoms with Gasteiger partial charge in [0.2, 0.25) is 5.91 Å². The molecule has 0 radical (unpaired) electrons. The average molecular weight is 405 g/mol. The fraction of sp³-hybridized carbons (Fsp3) is 0.611. The van der Waals surface area contributed by atoms with Crippen molar-refractivity contribution in [1.82, 2.24) is 5.32 Å². The van der Waals surface area contributed by atoms with Crippen molar-refractivity contribution >= 4 is 15.7 Å². The number of phenols is 1. The third kappa shape index (κ3) is 4.56. The van der Waals surface area contributed by atoms with Crippen molar-refractivity contribution in [2.45, 2.75) is 61.6 Å². The summed E-state index contributed by atoms with van der Waals surface area (Å²) < 4.78 is 62.6. The van der Waals surface area contributed by atoms with Gasteiger partial charge in [0.15, 0.2) is 9.84 Å². The molecule has 1 amide bonds. The second kappa shape index (κ2) is 6.68. The molecular formula is C18H22F3NO4S. The van der Waals surface area contributed by atoms with Gasteiger partial charge in [-0.1, -0.05) is 0 Å². The van der Waals surface area contributed by atoms with Crippen molar-refractivity contribution < 1.29 is 31.5 Å². The molecule has 1 aromatic rings. The van der Waals surface area contributed by atoms with Gasteiger partial charge in [0.1, 0.15) is 12.2 Å². The normalized spacial score (nSPS) is 28.1. The fourth-order valence-electron chi connectivity index (χ4n) is 4.33. The van der Waals surface area contributed by atoms with Gasteiger partial charge in [-0.15, -0.1) is 0 Å². The molecular weight excluding hydrogens is 383 g/mol. The van der Waals surface area contributed by atoms with E-state index in [1.807, 2.05) is 0 Å². The van der Waals surface area contributed by atoms with Gasteiger partial charge in [-0.3, -0.25) is 4.79 Å². The van der Waals surface area contributed by atoms with Crippen LogP contribution in [0, 0.1) is 5.41 Å². The zero-order valence-corrected chi connectivity index (χ0v) is 15.5. The second-order valence-corrected chi connectivity index (χ2v) is 9.86. The van der Waals surface area contributed by atoms with Crippen molar-refractivity contribution in [2.24, 2.45) is 5.41 Å². The number of fused-ring (bicyclic) bond motifs is 3. The van der Waals surface area contributed by atoms with Gasteiger partial charge in [-0.05, 0) is 68.2 Å². The molecule has 27 heavy (non-hydrogen) atoms. The van der Waals surface area contributed by atoms with Crippen LogP contribution >= 0.6 is 0 Å². The highest BCUT2D eigenvalue weighted by Crippen LogP contribution is 2.53. The summed E-state index contributed by atoms with van der Waals surface area (Å²) in [4.78, 5) is 11.8. The number of carbonyl (C=O) groups excluding carboxylic acids is 1. The molecule has 9 heteroatoms. The molecule has 0 spiro atoms. The second-order valence-electron chi connectivity index (χ2n) is 7.87. The molecule has 3 saturated carbocycles. The van der Waals surface area contributed by atoms with Crippen LogP contribution in [0.5, 0.6) is 5.75 Å². The highest BCUT2D eigenvalue weighted by molar-refractivity contribution is 7.91. The van der Waals surface area contributed by atoms with E-state index in [-0.39, 0.29) is 16.4 Å². The topological polar surface area (TPSA) is 83.5 Å². The molecule has 4 rings (SSSR count). The molecule has 0 saturated heterocycles. The first-order valence-electron chi connectivity index (χ1n) is 8.82. The van der Waals surface area contributed by atoms with Crippen LogP contribution in [0.1, 0.15) is 44.9 Å². The minimum Gasteiger partial charge on any atom is -0.508 e. The number of rotatable bonds is 5. The van der Waals surface area contributed by atoms with Crippen LogP contribution in [0.25, 0.3) is 0 Å². The number of hydrogen-bond donors (Lipinski definition) is 2. The Bertz CT molecular complexity index is 793. The largest absolute Gasteiger partial charge is 0.508 e. The zero-order chi connectivity index (χ0) is 19.9. The van der Waals surface area contributed by atoms with E-state index in [1.165, 1.54) is 24.3 Å². The molecule has 150 valence electrons. The van der Waals surface area contributed by atoms with Crippen LogP contribution in [-0.4, -0.2) is 36.9 Å². The molecule has 5 nitrogen and oxygen atoms in total. The summed E-state index contributed by atoms with van der Waals surface area (Å²) in [7, 11) is -3.54. The van der Waals surface area contributed by atoms with E-state index in [9.17, 15) is 31.5 Å². The first-order chi connectivity index (χ1) is 12.4. The first kappa shape index (κ1) is 20.0. The lowest BCUT2D eigenvalue weighted by Gasteiger charge is -2.53. The van der Waals surface area contributed by atoms with Gasteiger partial charge in [0, 0.05) is 5.54 Å². The maximum Gasteiger partial charge on any atom is 0.397 e. The van der Waals surface area contributed by atoms with Gasteiger partial charge < -0.3 is 10.4 Å². The Morgan fingerprint density at radius 2 is 1.56 bits per heavy atom. The van der Waals surface area contributed by atoms with Gasteiger partial charge >= 0.3 is 6.18 Å². The van der Waals surface area contributed by atoms with E-state index < -0.39 is 39.3 Å². The van der Waals surface area contributed by atoms with Gasteiger partial charge in [0.05, 0.1) is 10.6 Å². The monoisotopic (exact) mass is 405 g/mol. The number of phenolic OH excluding ortho intramolecular Hbond substituents is 1. The third-order valence-corrected chi connectivity index (χ3v) is 7.84. The molecule has 2 bridgehead atoms. The molecule has 0 aromatic heterocycles. The Hall–Kier alpha value is -1.77. The van der Waals surface area contributed by atoms with Crippen molar-refractivity contribution in [3.05, 3.63) is 24.3 Å². The number of carbonyl (C=O) groups is 1. The highest BCUT2D eigenvalue weighted by Gasteiger charge is 2.51. The average Bonchev–Trinajstić information content (AvgIpc) is 2.54. The Kier molecular flexibility index (Phi) is 4.95. The summed E-state index contributed by atoms with van der Waals surface area (Å²) in [5.74, 6) is -1.06. The molecule has 0 aliphatic heterocycles. The number of halogens is 3. The van der Waals surface area contributed by atoms with Crippen LogP contribution in [-0.2, 0) is 14.6 Å². The quantitative estimate of drug-likeness (QED) is 0.787. The summed E-state index contributed by atoms with van der Waals surface area (Å²) in [5, 5.41) is 11.9. The summed E-state index contributed by atoms with van der Waals surface area (Å²) in [5.41, 5.74) is -1.06. The van der Waals surface area contributed by atoms with Crippen LogP contribution in [0.3, 0.4) is 0 Å². The summed E-state index contributed by atoms with van der Waals surface area (Å²) in [6.07, 6.45) is -2.91. The molecule has 3 fully saturated rings. The minimum absolute atomic E-state index is 0.0122. The van der Waals surface area contributed by atoms with E-state index >= 15 is 0 Å². The minimum atomic E-state index is -4.54. The lowest BCUT2D eigenvalue weighted by atomic mass is 9.58. The maximum atomic E-state index is 12.7. The lowest BCUT2D eigenvalue weighted by molar-refractivity contribution is -0.156. The third-order valence-electron chi connectivity index (χ3n) is 5.86. The smallest absolute Gasteiger partial charge is 0.397 e. The number of alkyl halides is 3. The lowest BCUT2D eigenvalue weighted by Crippen LogP contribution is -2.58. The van der Waals surface area contributed by atoms with Crippen LogP contribution in [0.4, 0.5) is 13.2 Å². The van der Waals surface area contributed by atoms with Gasteiger partial charge in [-0.2, -0.15) is 13.2 Å². The van der Waals surface area contributed by atoms with Crippen molar-refractivity contribution in [3.8, 4) is 5.75 Å². The summed E-state index contributed by atoms with van der Waals surface area (Å²) in [6.45, 7) is 0. The predicted octanol–water partition coefficient (Wildman–Crippen LogP) is 3.33. The van der Waals surface area contributed by atoms with E-state index in [4.69, 9.17) is 0 Å². The number of nitrogens with one attached hydrogen (secondary N) is 1. The Labute approximate surface area is 155 Å². The van der Waals surface area contributed by atoms with E-state index in [1.54, 1.807) is 0 Å². The zero-order valence-electron chi connectivity index (χ0n) is 14.7.